The fraction of sp³-hybridized carbons (Fsp3) is 1.00. The van der Waals surface area contributed by atoms with Crippen molar-refractivity contribution >= 4 is 0 Å². The molecule has 0 aliphatic heterocycles. The molecule has 0 aromatic heterocycles. The first-order valence-electron chi connectivity index (χ1n) is 3.41. The van der Waals surface area contributed by atoms with Crippen LogP contribution in [0.3, 0.4) is 0 Å². The third-order valence-electron chi connectivity index (χ3n) is 0.0667. The van der Waals surface area contributed by atoms with Crippen molar-refractivity contribution < 1.29 is 63.5 Å². The van der Waals surface area contributed by atoms with Crippen molar-refractivity contribution in [3.63, 3.8) is 0 Å². The minimum atomic E-state index is -1.30. The van der Waals surface area contributed by atoms with Crippen molar-refractivity contribution in [2.75, 3.05) is 26.9 Å². The van der Waals surface area contributed by atoms with E-state index < -0.39 is 60.1 Å². The van der Waals surface area contributed by atoms with Gasteiger partial charge >= 0.3 is 43.1 Å². The van der Waals surface area contributed by atoms with E-state index in [1.807, 2.05) is 0 Å². The fourth-order valence-corrected chi connectivity index (χ4v) is 0.231. The topological polar surface area (TPSA) is 219 Å². The van der Waals surface area contributed by atoms with Crippen molar-refractivity contribution in [2.45, 2.75) is 0 Å². The molecular weight excluding hydrogens is 318 g/mol. The molecule has 0 unspecified atom stereocenters. The van der Waals surface area contributed by atoms with Gasteiger partial charge in [-0.2, -0.15) is 0 Å². The van der Waals surface area contributed by atoms with E-state index in [-0.39, 0.29) is 0 Å². The summed E-state index contributed by atoms with van der Waals surface area (Å²) in [6.45, 7) is -2.00. The van der Waals surface area contributed by atoms with Crippen LogP contribution < -0.4 is 0 Å². The zero-order chi connectivity index (χ0) is 14.9. The molecule has 0 aromatic carbocycles. The molecule has 0 aliphatic carbocycles. The first kappa shape index (κ1) is 30.4. The van der Waals surface area contributed by atoms with Crippen LogP contribution in [0.15, 0.2) is 0 Å². The Morgan fingerprint density at radius 3 is 0.824 bits per heavy atom. The summed E-state index contributed by atoms with van der Waals surface area (Å²) in [6.07, 6.45) is 0. The molecule has 0 saturated heterocycles. The third kappa shape index (κ3) is 587. The first-order chi connectivity index (χ1) is 8.07. The van der Waals surface area contributed by atoms with Gasteiger partial charge in [0.1, 0.15) is 0 Å². The molecule has 0 fully saturated rings. The van der Waals surface area contributed by atoms with Crippen LogP contribution in [0.2, 0.25) is 0 Å². The Morgan fingerprint density at radius 1 is 0.706 bits per heavy atom. The monoisotopic (exact) mass is 334 g/mol. The number of aliphatic hydroxyl groups excluding tert-OH is 4. The molecule has 0 aromatic rings. The van der Waals surface area contributed by atoms with Crippen molar-refractivity contribution in [3.05, 3.63) is 22.9 Å². The molecule has 0 saturated carbocycles. The summed E-state index contributed by atoms with van der Waals surface area (Å²) >= 11 is -2.61. The van der Waals surface area contributed by atoms with Gasteiger partial charge in [-0.15, -0.1) is 0 Å². The Labute approximate surface area is 113 Å². The average Bonchev–Trinajstić information content (AvgIpc) is 2.23. The summed E-state index contributed by atoms with van der Waals surface area (Å²) in [5.41, 5.74) is 23.1. The summed E-state index contributed by atoms with van der Waals surface area (Å²) < 4.78 is 22.4. The van der Waals surface area contributed by atoms with E-state index in [0.29, 0.717) is 0 Å². The van der Waals surface area contributed by atoms with Crippen LogP contribution in [-0.2, 0) is 43.1 Å². The van der Waals surface area contributed by atoms with Gasteiger partial charge in [0.25, 0.3) is 0 Å². The second kappa shape index (κ2) is 71.0. The molecule has 0 rings (SSSR count). The number of hydrogen-bond donors (Lipinski definition) is 4. The Bertz CT molecular complexity index is 89.9. The maximum absolute atomic E-state index is 9.22. The van der Waals surface area contributed by atoms with Crippen LogP contribution in [0.25, 0.3) is 22.9 Å². The van der Waals surface area contributed by atoms with Gasteiger partial charge in [0.05, 0.1) is 0 Å². The third-order valence-corrected chi connectivity index (χ3v) is 1.13. The van der Waals surface area contributed by atoms with Crippen LogP contribution in [0.4, 0.5) is 0 Å². The summed E-state index contributed by atoms with van der Waals surface area (Å²) in [6, 6.07) is 0. The van der Waals surface area contributed by atoms with E-state index in [0.717, 1.165) is 0 Å². The van der Waals surface area contributed by atoms with Crippen molar-refractivity contribution in [1.82, 2.24) is 0 Å². The van der Waals surface area contributed by atoms with E-state index in [4.69, 9.17) is 43.4 Å². The molecule has 8 N–H and O–H groups in total. The quantitative estimate of drug-likeness (QED) is 0.524. The predicted molar refractivity (Wildman–Crippen MR) is 48.1 cm³/mol. The van der Waals surface area contributed by atoms with Crippen molar-refractivity contribution in [3.8, 4) is 0 Å². The Morgan fingerprint density at radius 2 is 0.824 bits per heavy atom. The zero-order valence-corrected chi connectivity index (χ0v) is 11.5. The summed E-state index contributed by atoms with van der Waals surface area (Å²) in [5.74, 6) is 0. The Kier molecular flexibility index (Phi) is 127. The summed E-state index contributed by atoms with van der Waals surface area (Å²) in [4.78, 5) is 0. The SMILES string of the molecule is [NH-]CO.[NH-]CO.[NH-]CO.[NH-]CO.[O]=[V][O][V]=[O]. The number of aliphatic hydroxyl groups is 4. The molecular formula is C4H16N4O7V2-4. The van der Waals surface area contributed by atoms with Crippen molar-refractivity contribution in [1.29, 1.82) is 0 Å². The molecule has 0 atom stereocenters. The van der Waals surface area contributed by atoms with Gasteiger partial charge in [0.2, 0.25) is 0 Å². The van der Waals surface area contributed by atoms with E-state index in [1.165, 1.54) is 0 Å². The van der Waals surface area contributed by atoms with Gasteiger partial charge in [-0.05, 0) is 26.9 Å². The number of nitrogens with one attached hydrogen (secondary N) is 4. The predicted octanol–water partition coefficient (Wildman–Crippen LogP) is -0.357. The molecule has 0 spiro atoms. The van der Waals surface area contributed by atoms with Gasteiger partial charge in [-0.1, -0.05) is 0 Å². The van der Waals surface area contributed by atoms with Crippen LogP contribution in [-0.4, -0.2) is 47.3 Å². The van der Waals surface area contributed by atoms with Gasteiger partial charge in [-0.3, -0.25) is 0 Å². The minimum absolute atomic E-state index is 0.500. The second-order valence-corrected chi connectivity index (χ2v) is 2.64. The molecule has 0 heterocycles. The second-order valence-electron chi connectivity index (χ2n) is 0.863. The molecule has 108 valence electrons. The number of rotatable bonds is 2. The molecule has 0 bridgehead atoms. The first-order valence-corrected chi connectivity index (χ1v) is 5.69. The van der Waals surface area contributed by atoms with Crippen LogP contribution in [0.5, 0.6) is 0 Å². The van der Waals surface area contributed by atoms with Crippen LogP contribution >= 0.6 is 0 Å². The molecule has 13 heteroatoms. The Hall–Kier alpha value is 0.409. The molecule has 11 nitrogen and oxygen atoms in total. The van der Waals surface area contributed by atoms with Crippen LogP contribution in [0.1, 0.15) is 0 Å². The molecule has 0 radical (unpaired) electrons. The summed E-state index contributed by atoms with van der Waals surface area (Å²) in [5, 5.41) is 28.9. The molecule has 0 amide bonds. The normalized spacial score (nSPS) is 6.12. The molecule has 0 aliphatic rings. The van der Waals surface area contributed by atoms with E-state index in [2.05, 4.69) is 2.59 Å². The molecule has 17 heavy (non-hydrogen) atoms. The van der Waals surface area contributed by atoms with Gasteiger partial charge < -0.3 is 43.4 Å². The van der Waals surface area contributed by atoms with Gasteiger partial charge in [0.15, 0.2) is 0 Å². The van der Waals surface area contributed by atoms with E-state index in [1.54, 1.807) is 0 Å². The average molecular weight is 334 g/mol. The van der Waals surface area contributed by atoms with Gasteiger partial charge in [0, 0.05) is 0 Å². The number of hydrogen-bond acceptors (Lipinski definition) is 7. The zero-order valence-electron chi connectivity index (χ0n) is 8.74. The summed E-state index contributed by atoms with van der Waals surface area (Å²) in [7, 11) is 0. The van der Waals surface area contributed by atoms with E-state index >= 15 is 0 Å². The fourth-order valence-electron chi connectivity index (χ4n) is 0.0136. The van der Waals surface area contributed by atoms with Gasteiger partial charge in [-0.25, -0.2) is 0 Å². The maximum atomic E-state index is 9.22. The van der Waals surface area contributed by atoms with E-state index in [9.17, 15) is 7.35 Å². The Balaban J connectivity index is -0.0000000362. The standard InChI is InChI=1S/4CH4NO.3O.2V/c4*2-1-3;;;;;/h4*2-3H,1H2;;;;;/q4*-1;;;;;. The van der Waals surface area contributed by atoms with Crippen molar-refractivity contribution in [2.24, 2.45) is 0 Å². The van der Waals surface area contributed by atoms with Crippen LogP contribution in [0, 0.1) is 0 Å².